The van der Waals surface area contributed by atoms with Crippen molar-refractivity contribution in [2.75, 3.05) is 5.75 Å². The van der Waals surface area contributed by atoms with Gasteiger partial charge < -0.3 is 0 Å². The first-order valence-corrected chi connectivity index (χ1v) is 7.29. The Hall–Kier alpha value is -0.0500. The van der Waals surface area contributed by atoms with Crippen molar-refractivity contribution in [3.63, 3.8) is 0 Å². The third-order valence-corrected chi connectivity index (χ3v) is 7.62. The molecule has 80 valence electrons. The maximum atomic E-state index is 11.9. The number of fused-ring (bicyclic) bond motifs is 1. The van der Waals surface area contributed by atoms with E-state index in [1.165, 1.54) is 0 Å². The van der Waals surface area contributed by atoms with E-state index in [1.807, 2.05) is 0 Å². The van der Waals surface area contributed by atoms with Crippen molar-refractivity contribution >= 4 is 9.84 Å². The fourth-order valence-electron chi connectivity index (χ4n) is 4.79. The molecular formula is C11H18O2S. The minimum absolute atomic E-state index is 0.0173. The standard InChI is InChI=1S/C11H18O2S/c1-6-7-5-14(12,13)9-4-8(6)11(2,3)10(7)9/h6-10H,4-5H2,1-3H3. The molecule has 0 radical (unpaired) electrons. The monoisotopic (exact) mass is 214 g/mol. The molecule has 14 heavy (non-hydrogen) atoms. The molecule has 5 unspecified atom stereocenters. The second-order valence-corrected chi connectivity index (χ2v) is 8.34. The fraction of sp³-hybridized carbons (Fsp3) is 1.00. The van der Waals surface area contributed by atoms with Crippen LogP contribution in [0.1, 0.15) is 27.2 Å². The summed E-state index contributed by atoms with van der Waals surface area (Å²) in [7, 11) is -2.74. The Balaban J connectivity index is 2.16. The zero-order chi connectivity index (χ0) is 10.3. The van der Waals surface area contributed by atoms with Gasteiger partial charge >= 0.3 is 0 Å². The second-order valence-electron chi connectivity index (χ2n) is 6.08. The highest BCUT2D eigenvalue weighted by Crippen LogP contribution is 2.67. The van der Waals surface area contributed by atoms with Gasteiger partial charge in [-0.25, -0.2) is 8.42 Å². The van der Waals surface area contributed by atoms with Crippen LogP contribution in [0.4, 0.5) is 0 Å². The Morgan fingerprint density at radius 2 is 1.93 bits per heavy atom. The van der Waals surface area contributed by atoms with Gasteiger partial charge in [0.1, 0.15) is 0 Å². The first-order valence-electron chi connectivity index (χ1n) is 5.57. The summed E-state index contributed by atoms with van der Waals surface area (Å²) in [4.78, 5) is 0. The Bertz CT molecular complexity index is 382. The smallest absolute Gasteiger partial charge is 0.153 e. The molecule has 3 rings (SSSR count). The maximum Gasteiger partial charge on any atom is 0.153 e. The molecule has 3 fully saturated rings. The fourth-order valence-corrected chi connectivity index (χ4v) is 7.58. The third kappa shape index (κ3) is 0.777. The highest BCUT2D eigenvalue weighted by molar-refractivity contribution is 7.92. The molecule has 0 N–H and O–H groups in total. The molecule has 0 aromatic rings. The number of rotatable bonds is 0. The molecule has 1 heterocycles. The van der Waals surface area contributed by atoms with Crippen LogP contribution in [-0.4, -0.2) is 19.4 Å². The minimum Gasteiger partial charge on any atom is -0.229 e. The second kappa shape index (κ2) is 2.21. The SMILES string of the molecule is CC1C2CS(=O)(=O)C3CC1C(C)(C)C23. The van der Waals surface area contributed by atoms with Crippen LogP contribution in [0.5, 0.6) is 0 Å². The molecule has 5 atom stereocenters. The zero-order valence-corrected chi connectivity index (χ0v) is 9.84. The summed E-state index contributed by atoms with van der Waals surface area (Å²) in [5.41, 5.74) is 0.276. The van der Waals surface area contributed by atoms with Gasteiger partial charge in [-0.3, -0.25) is 0 Å². The summed E-state index contributed by atoms with van der Waals surface area (Å²) >= 11 is 0. The average molecular weight is 214 g/mol. The van der Waals surface area contributed by atoms with Crippen LogP contribution in [0, 0.1) is 29.1 Å². The molecule has 2 nitrogen and oxygen atoms in total. The lowest BCUT2D eigenvalue weighted by molar-refractivity contribution is 0.241. The van der Waals surface area contributed by atoms with Gasteiger partial charge in [0, 0.05) is 0 Å². The Morgan fingerprint density at radius 3 is 2.43 bits per heavy atom. The summed E-state index contributed by atoms with van der Waals surface area (Å²) in [5, 5.41) is 0.0173. The molecule has 2 bridgehead atoms. The minimum atomic E-state index is -2.74. The summed E-state index contributed by atoms with van der Waals surface area (Å²) in [6.45, 7) is 6.81. The van der Waals surface area contributed by atoms with E-state index in [2.05, 4.69) is 20.8 Å². The van der Waals surface area contributed by atoms with Crippen LogP contribution in [0.25, 0.3) is 0 Å². The molecule has 0 aromatic carbocycles. The van der Waals surface area contributed by atoms with Gasteiger partial charge in [0.25, 0.3) is 0 Å². The van der Waals surface area contributed by atoms with Gasteiger partial charge in [0.2, 0.25) is 0 Å². The molecule has 0 amide bonds. The van der Waals surface area contributed by atoms with Crippen LogP contribution in [0.2, 0.25) is 0 Å². The van der Waals surface area contributed by atoms with Gasteiger partial charge in [0.05, 0.1) is 11.0 Å². The van der Waals surface area contributed by atoms with E-state index in [0.29, 0.717) is 29.4 Å². The van der Waals surface area contributed by atoms with Crippen molar-refractivity contribution in [2.45, 2.75) is 32.4 Å². The topological polar surface area (TPSA) is 34.1 Å². The van der Waals surface area contributed by atoms with Crippen molar-refractivity contribution < 1.29 is 8.42 Å². The van der Waals surface area contributed by atoms with Gasteiger partial charge in [-0.1, -0.05) is 20.8 Å². The lowest BCUT2D eigenvalue weighted by Gasteiger charge is -2.24. The summed E-state index contributed by atoms with van der Waals surface area (Å²) in [6.07, 6.45) is 0.942. The van der Waals surface area contributed by atoms with Crippen molar-refractivity contribution in [1.29, 1.82) is 0 Å². The number of hydrogen-bond acceptors (Lipinski definition) is 2. The van der Waals surface area contributed by atoms with Crippen LogP contribution >= 0.6 is 0 Å². The van der Waals surface area contributed by atoms with Crippen LogP contribution < -0.4 is 0 Å². The predicted molar refractivity (Wildman–Crippen MR) is 55.6 cm³/mol. The quantitative estimate of drug-likeness (QED) is 0.615. The highest BCUT2D eigenvalue weighted by atomic mass is 32.2. The maximum absolute atomic E-state index is 11.9. The summed E-state index contributed by atoms with van der Waals surface area (Å²) in [6, 6.07) is 0. The molecule has 1 saturated heterocycles. The van der Waals surface area contributed by atoms with E-state index in [1.54, 1.807) is 0 Å². The van der Waals surface area contributed by atoms with E-state index < -0.39 is 9.84 Å². The lowest BCUT2D eigenvalue weighted by atomic mass is 9.80. The van der Waals surface area contributed by atoms with Crippen LogP contribution in [-0.2, 0) is 9.84 Å². The third-order valence-electron chi connectivity index (χ3n) is 5.36. The van der Waals surface area contributed by atoms with Gasteiger partial charge in [-0.15, -0.1) is 0 Å². The molecule has 2 saturated carbocycles. The molecule has 3 aliphatic rings. The van der Waals surface area contributed by atoms with E-state index in [9.17, 15) is 8.42 Å². The molecule has 0 aromatic heterocycles. The van der Waals surface area contributed by atoms with Crippen LogP contribution in [0.3, 0.4) is 0 Å². The zero-order valence-electron chi connectivity index (χ0n) is 9.03. The van der Waals surface area contributed by atoms with Crippen LogP contribution in [0.15, 0.2) is 0 Å². The normalized spacial score (nSPS) is 56.6. The Kier molecular flexibility index (Phi) is 1.45. The van der Waals surface area contributed by atoms with Crippen molar-refractivity contribution in [1.82, 2.24) is 0 Å². The van der Waals surface area contributed by atoms with E-state index in [0.717, 1.165) is 6.42 Å². The van der Waals surface area contributed by atoms with E-state index in [4.69, 9.17) is 0 Å². The molecule has 2 aliphatic carbocycles. The number of sulfone groups is 1. The summed E-state index contributed by atoms with van der Waals surface area (Å²) in [5.74, 6) is 2.69. The predicted octanol–water partition coefficient (Wildman–Crippen LogP) is 1.71. The van der Waals surface area contributed by atoms with Crippen molar-refractivity contribution in [3.05, 3.63) is 0 Å². The molecule has 3 heteroatoms. The van der Waals surface area contributed by atoms with Gasteiger partial charge in [-0.05, 0) is 35.5 Å². The van der Waals surface area contributed by atoms with E-state index in [-0.39, 0.29) is 10.7 Å². The van der Waals surface area contributed by atoms with Gasteiger partial charge in [-0.2, -0.15) is 0 Å². The molecular weight excluding hydrogens is 196 g/mol. The first kappa shape index (κ1) is 9.20. The van der Waals surface area contributed by atoms with Gasteiger partial charge in [0.15, 0.2) is 9.84 Å². The summed E-state index contributed by atoms with van der Waals surface area (Å²) < 4.78 is 23.8. The largest absolute Gasteiger partial charge is 0.229 e. The van der Waals surface area contributed by atoms with Crippen molar-refractivity contribution in [2.24, 2.45) is 29.1 Å². The first-order chi connectivity index (χ1) is 6.36. The molecule has 0 spiro atoms. The Morgan fingerprint density at radius 1 is 1.29 bits per heavy atom. The highest BCUT2D eigenvalue weighted by Gasteiger charge is 2.68. The lowest BCUT2D eigenvalue weighted by Crippen LogP contribution is -2.25. The average Bonchev–Trinajstić information content (AvgIpc) is 2.49. The van der Waals surface area contributed by atoms with E-state index >= 15 is 0 Å². The Labute approximate surface area is 86.0 Å². The number of hydrogen-bond donors (Lipinski definition) is 0. The van der Waals surface area contributed by atoms with Crippen molar-refractivity contribution in [3.8, 4) is 0 Å². The molecule has 1 aliphatic heterocycles.